The van der Waals surface area contributed by atoms with Crippen molar-refractivity contribution in [3.63, 3.8) is 0 Å². The minimum atomic E-state index is -0.677. The maximum Gasteiger partial charge on any atom is 0.128 e. The van der Waals surface area contributed by atoms with Crippen LogP contribution in [-0.2, 0) is 0 Å². The highest BCUT2D eigenvalue weighted by Gasteiger charge is 2.08. The summed E-state index contributed by atoms with van der Waals surface area (Å²) in [7, 11) is 0. The van der Waals surface area contributed by atoms with Crippen molar-refractivity contribution in [2.24, 2.45) is 0 Å². The zero-order chi connectivity index (χ0) is 11.7. The summed E-state index contributed by atoms with van der Waals surface area (Å²) in [5.74, 6) is -0.286. The zero-order valence-electron chi connectivity index (χ0n) is 9.05. The third-order valence-corrected chi connectivity index (χ3v) is 2.36. The lowest BCUT2D eigenvalue weighted by Crippen LogP contribution is -1.96. The summed E-state index contributed by atoms with van der Waals surface area (Å²) < 4.78 is 14.8. The first-order chi connectivity index (χ1) is 7.58. The van der Waals surface area contributed by atoms with Crippen molar-refractivity contribution in [3.8, 4) is 5.69 Å². The Balaban J connectivity index is 2.39. The molecule has 0 aliphatic carbocycles. The van der Waals surface area contributed by atoms with Crippen LogP contribution in [0.1, 0.15) is 24.3 Å². The van der Waals surface area contributed by atoms with Crippen LogP contribution in [0.15, 0.2) is 24.4 Å². The van der Waals surface area contributed by atoms with E-state index in [0.717, 1.165) is 0 Å². The Labute approximate surface area is 92.3 Å². The average Bonchev–Trinajstić information content (AvgIpc) is 2.71. The molecule has 5 heteroatoms. The molecule has 0 saturated carbocycles. The highest BCUT2D eigenvalue weighted by molar-refractivity contribution is 5.34. The Morgan fingerprint density at radius 1 is 1.44 bits per heavy atom. The molecule has 1 atom stereocenters. The zero-order valence-corrected chi connectivity index (χ0v) is 9.05. The molecule has 1 aromatic heterocycles. The van der Waals surface area contributed by atoms with Gasteiger partial charge in [-0.1, -0.05) is 11.3 Å². The maximum absolute atomic E-state index is 13.3. The quantitative estimate of drug-likeness (QED) is 0.840. The summed E-state index contributed by atoms with van der Waals surface area (Å²) in [5, 5.41) is 16.9. The van der Waals surface area contributed by atoms with E-state index in [1.165, 1.54) is 10.7 Å². The third kappa shape index (κ3) is 1.94. The van der Waals surface area contributed by atoms with Crippen molar-refractivity contribution in [3.05, 3.63) is 41.5 Å². The number of rotatable bonds is 2. The molecule has 0 aliphatic heterocycles. The van der Waals surface area contributed by atoms with Gasteiger partial charge in [0.2, 0.25) is 0 Å². The van der Waals surface area contributed by atoms with Gasteiger partial charge in [0.15, 0.2) is 0 Å². The molecule has 2 rings (SSSR count). The maximum atomic E-state index is 13.3. The van der Waals surface area contributed by atoms with Crippen LogP contribution in [0.25, 0.3) is 5.69 Å². The van der Waals surface area contributed by atoms with Crippen molar-refractivity contribution in [2.75, 3.05) is 0 Å². The summed E-state index contributed by atoms with van der Waals surface area (Å²) in [5.41, 5.74) is 1.63. The van der Waals surface area contributed by atoms with Crippen molar-refractivity contribution in [1.82, 2.24) is 15.0 Å². The molecule has 0 spiro atoms. The summed E-state index contributed by atoms with van der Waals surface area (Å²) in [6.07, 6.45) is 0.901. The smallest absolute Gasteiger partial charge is 0.128 e. The highest BCUT2D eigenvalue weighted by atomic mass is 19.1. The number of aryl methyl sites for hydroxylation is 1. The molecule has 2 aromatic rings. The van der Waals surface area contributed by atoms with Gasteiger partial charge in [-0.25, -0.2) is 9.07 Å². The van der Waals surface area contributed by atoms with Crippen LogP contribution in [0.3, 0.4) is 0 Å². The van der Waals surface area contributed by atoms with Crippen LogP contribution in [0, 0.1) is 12.7 Å². The van der Waals surface area contributed by atoms with Crippen LogP contribution in [0.2, 0.25) is 0 Å². The number of hydrogen-bond acceptors (Lipinski definition) is 3. The molecule has 0 aliphatic rings. The minimum Gasteiger partial charge on any atom is -0.387 e. The van der Waals surface area contributed by atoms with Gasteiger partial charge in [-0.2, -0.15) is 0 Å². The summed E-state index contributed by atoms with van der Waals surface area (Å²) in [6.45, 7) is 3.30. The predicted octanol–water partition coefficient (Wildman–Crippen LogP) is 1.77. The van der Waals surface area contributed by atoms with Gasteiger partial charge in [0, 0.05) is 0 Å². The number of halogens is 1. The number of aromatic nitrogens is 3. The van der Waals surface area contributed by atoms with E-state index < -0.39 is 6.10 Å². The second kappa shape index (κ2) is 4.02. The number of nitrogens with zero attached hydrogens (tertiary/aromatic N) is 3. The van der Waals surface area contributed by atoms with E-state index in [9.17, 15) is 9.50 Å². The minimum absolute atomic E-state index is 0.286. The van der Waals surface area contributed by atoms with E-state index >= 15 is 0 Å². The average molecular weight is 221 g/mol. The molecule has 0 fully saturated rings. The molecule has 0 bridgehead atoms. The standard InChI is InChI=1S/C11H12FN3O/c1-7-3-4-9(5-10(7)12)15-6-11(8(2)16)13-14-15/h3-6,8,16H,1-2H3/t8-/m0/s1. The van der Waals surface area contributed by atoms with Crippen molar-refractivity contribution >= 4 is 0 Å². The number of aliphatic hydroxyl groups excluding tert-OH is 1. The van der Waals surface area contributed by atoms with E-state index in [0.29, 0.717) is 16.9 Å². The molecule has 1 aromatic carbocycles. The lowest BCUT2D eigenvalue weighted by atomic mass is 10.2. The van der Waals surface area contributed by atoms with Crippen LogP contribution in [-0.4, -0.2) is 20.1 Å². The number of hydrogen-bond donors (Lipinski definition) is 1. The van der Waals surface area contributed by atoms with E-state index in [-0.39, 0.29) is 5.82 Å². The van der Waals surface area contributed by atoms with E-state index in [1.54, 1.807) is 32.2 Å². The molecular formula is C11H12FN3O. The van der Waals surface area contributed by atoms with Gasteiger partial charge in [0.05, 0.1) is 18.0 Å². The first kappa shape index (κ1) is 10.8. The lowest BCUT2D eigenvalue weighted by molar-refractivity contribution is 0.194. The Hall–Kier alpha value is -1.75. The second-order valence-corrected chi connectivity index (χ2v) is 3.70. The van der Waals surface area contributed by atoms with Crippen molar-refractivity contribution in [2.45, 2.75) is 20.0 Å². The van der Waals surface area contributed by atoms with Crippen molar-refractivity contribution < 1.29 is 9.50 Å². The van der Waals surface area contributed by atoms with Crippen LogP contribution >= 0.6 is 0 Å². The predicted molar refractivity (Wildman–Crippen MR) is 56.7 cm³/mol. The van der Waals surface area contributed by atoms with E-state index in [2.05, 4.69) is 10.3 Å². The Morgan fingerprint density at radius 3 is 2.75 bits per heavy atom. The van der Waals surface area contributed by atoms with Gasteiger partial charge < -0.3 is 5.11 Å². The van der Waals surface area contributed by atoms with Crippen LogP contribution in [0.4, 0.5) is 4.39 Å². The lowest BCUT2D eigenvalue weighted by Gasteiger charge is -2.01. The van der Waals surface area contributed by atoms with E-state index in [4.69, 9.17) is 0 Å². The molecule has 84 valence electrons. The summed E-state index contributed by atoms with van der Waals surface area (Å²) in [6, 6.07) is 4.81. The van der Waals surface area contributed by atoms with Gasteiger partial charge in [-0.3, -0.25) is 0 Å². The normalized spacial score (nSPS) is 12.8. The Bertz CT molecular complexity index is 508. The number of benzene rings is 1. The molecule has 0 radical (unpaired) electrons. The van der Waals surface area contributed by atoms with Gasteiger partial charge in [0.1, 0.15) is 11.5 Å². The molecule has 1 N–H and O–H groups in total. The fourth-order valence-electron chi connectivity index (χ4n) is 1.32. The summed E-state index contributed by atoms with van der Waals surface area (Å²) in [4.78, 5) is 0. The van der Waals surface area contributed by atoms with Crippen LogP contribution < -0.4 is 0 Å². The SMILES string of the molecule is Cc1ccc(-n2cc([C@H](C)O)nn2)cc1F. The fourth-order valence-corrected chi connectivity index (χ4v) is 1.32. The van der Waals surface area contributed by atoms with Gasteiger partial charge in [-0.15, -0.1) is 5.10 Å². The van der Waals surface area contributed by atoms with Crippen molar-refractivity contribution in [1.29, 1.82) is 0 Å². The first-order valence-corrected chi connectivity index (χ1v) is 4.95. The molecule has 1 heterocycles. The molecule has 16 heavy (non-hydrogen) atoms. The first-order valence-electron chi connectivity index (χ1n) is 4.95. The molecular weight excluding hydrogens is 209 g/mol. The Kier molecular flexibility index (Phi) is 2.70. The van der Waals surface area contributed by atoms with Gasteiger partial charge in [0.25, 0.3) is 0 Å². The monoisotopic (exact) mass is 221 g/mol. The van der Waals surface area contributed by atoms with E-state index in [1.807, 2.05) is 0 Å². The second-order valence-electron chi connectivity index (χ2n) is 3.70. The summed E-state index contributed by atoms with van der Waals surface area (Å²) >= 11 is 0. The molecule has 4 nitrogen and oxygen atoms in total. The third-order valence-electron chi connectivity index (χ3n) is 2.36. The fraction of sp³-hybridized carbons (Fsp3) is 0.273. The number of aliphatic hydroxyl groups is 1. The highest BCUT2D eigenvalue weighted by Crippen LogP contribution is 2.14. The molecule has 0 saturated heterocycles. The molecule has 0 amide bonds. The van der Waals surface area contributed by atoms with Crippen LogP contribution in [0.5, 0.6) is 0 Å². The Morgan fingerprint density at radius 2 is 2.19 bits per heavy atom. The van der Waals surface area contributed by atoms with Gasteiger partial charge in [-0.05, 0) is 31.5 Å². The largest absolute Gasteiger partial charge is 0.387 e. The topological polar surface area (TPSA) is 50.9 Å². The molecule has 0 unspecified atom stereocenters. The van der Waals surface area contributed by atoms with Gasteiger partial charge >= 0.3 is 0 Å².